The van der Waals surface area contributed by atoms with Crippen LogP contribution in [0, 0.1) is 12.8 Å². The van der Waals surface area contributed by atoms with Crippen molar-refractivity contribution < 1.29 is 14.7 Å². The van der Waals surface area contributed by atoms with Gasteiger partial charge in [-0.05, 0) is 43.9 Å². The van der Waals surface area contributed by atoms with Crippen LogP contribution in [0.25, 0.3) is 15.9 Å². The van der Waals surface area contributed by atoms with Gasteiger partial charge in [0.2, 0.25) is 0 Å². The van der Waals surface area contributed by atoms with E-state index in [0.29, 0.717) is 18.0 Å². The van der Waals surface area contributed by atoms with Gasteiger partial charge in [0.05, 0.1) is 16.3 Å². The molecule has 140 valence electrons. The molecule has 1 aliphatic rings. The summed E-state index contributed by atoms with van der Waals surface area (Å²) in [7, 11) is 0. The second-order valence-electron chi connectivity index (χ2n) is 7.00. The molecule has 3 heterocycles. The van der Waals surface area contributed by atoms with Crippen LogP contribution < -0.4 is 0 Å². The van der Waals surface area contributed by atoms with Crippen LogP contribution in [0.4, 0.5) is 0 Å². The van der Waals surface area contributed by atoms with Crippen molar-refractivity contribution >= 4 is 33.4 Å². The molecule has 0 aliphatic carbocycles. The summed E-state index contributed by atoms with van der Waals surface area (Å²) in [6.07, 6.45) is 1.69. The number of carboxylic acids is 1. The first-order valence-corrected chi connectivity index (χ1v) is 9.90. The minimum absolute atomic E-state index is 0.0315. The highest BCUT2D eigenvalue weighted by Crippen LogP contribution is 2.32. The molecule has 1 N–H and O–H groups in total. The third-order valence-electron chi connectivity index (χ3n) is 5.12. The molecule has 0 unspecified atom stereocenters. The van der Waals surface area contributed by atoms with Crippen molar-refractivity contribution in [1.29, 1.82) is 0 Å². The predicted molar refractivity (Wildman–Crippen MR) is 105 cm³/mol. The van der Waals surface area contributed by atoms with Crippen LogP contribution in [-0.2, 0) is 4.79 Å². The van der Waals surface area contributed by atoms with Crippen LogP contribution >= 0.6 is 11.3 Å². The van der Waals surface area contributed by atoms with E-state index in [1.165, 1.54) is 11.3 Å². The Bertz CT molecular complexity index is 985. The normalized spacial score (nSPS) is 15.4. The number of carbonyl (C=O) groups excluding carboxylic acids is 1. The van der Waals surface area contributed by atoms with Crippen LogP contribution in [0.5, 0.6) is 0 Å². The zero-order valence-electron chi connectivity index (χ0n) is 15.1. The van der Waals surface area contributed by atoms with Crippen LogP contribution in [-0.4, -0.2) is 44.8 Å². The number of rotatable bonds is 4. The average molecular weight is 383 g/mol. The lowest BCUT2D eigenvalue weighted by Crippen LogP contribution is -2.38. The molecule has 1 fully saturated rings. The van der Waals surface area contributed by atoms with Crippen molar-refractivity contribution in [1.82, 2.24) is 14.7 Å². The summed E-state index contributed by atoms with van der Waals surface area (Å²) in [6, 6.07) is 11.8. The van der Waals surface area contributed by atoms with Gasteiger partial charge in [0, 0.05) is 24.9 Å². The van der Waals surface area contributed by atoms with Crippen molar-refractivity contribution in [3.63, 3.8) is 0 Å². The van der Waals surface area contributed by atoms with Gasteiger partial charge in [-0.1, -0.05) is 18.2 Å². The van der Waals surface area contributed by atoms with Gasteiger partial charge in [-0.3, -0.25) is 9.59 Å². The first kappa shape index (κ1) is 17.7. The molecule has 27 heavy (non-hydrogen) atoms. The van der Waals surface area contributed by atoms with E-state index in [2.05, 4.69) is 5.10 Å². The van der Waals surface area contributed by atoms with Crippen molar-refractivity contribution in [2.45, 2.75) is 26.2 Å². The van der Waals surface area contributed by atoms with E-state index in [0.717, 1.165) is 34.4 Å². The van der Waals surface area contributed by atoms with Crippen molar-refractivity contribution in [2.75, 3.05) is 13.1 Å². The SMILES string of the molecule is Cc1nn(-c2ccccc2)c2sc(C(=O)N3CCC(CC(=O)O)CC3)cc12. The summed E-state index contributed by atoms with van der Waals surface area (Å²) >= 11 is 1.47. The molecule has 3 aromatic rings. The molecular formula is C20H21N3O3S. The average Bonchev–Trinajstić information content (AvgIpc) is 3.23. The standard InChI is InChI=1S/C20H21N3O3S/c1-13-16-12-17(19(26)22-9-7-14(8-10-22)11-18(24)25)27-20(16)23(21-13)15-5-3-2-4-6-15/h2-6,12,14H,7-11H2,1H3,(H,24,25). The molecule has 4 rings (SSSR count). The lowest BCUT2D eigenvalue weighted by molar-refractivity contribution is -0.138. The number of para-hydroxylation sites is 1. The number of piperidine rings is 1. The number of hydrogen-bond donors (Lipinski definition) is 1. The molecule has 0 atom stereocenters. The van der Waals surface area contributed by atoms with Gasteiger partial charge in [0.15, 0.2) is 0 Å². The van der Waals surface area contributed by atoms with Crippen LogP contribution in [0.3, 0.4) is 0 Å². The fourth-order valence-corrected chi connectivity index (χ4v) is 4.79. The molecule has 6 nitrogen and oxygen atoms in total. The monoisotopic (exact) mass is 383 g/mol. The lowest BCUT2D eigenvalue weighted by Gasteiger charge is -2.31. The summed E-state index contributed by atoms with van der Waals surface area (Å²) in [6.45, 7) is 3.20. The van der Waals surface area contributed by atoms with Crippen molar-refractivity contribution in [3.8, 4) is 5.69 Å². The van der Waals surface area contributed by atoms with Gasteiger partial charge >= 0.3 is 5.97 Å². The fourth-order valence-electron chi connectivity index (χ4n) is 3.64. The van der Waals surface area contributed by atoms with Gasteiger partial charge in [-0.2, -0.15) is 5.10 Å². The van der Waals surface area contributed by atoms with E-state index in [9.17, 15) is 9.59 Å². The molecule has 0 saturated carbocycles. The maximum absolute atomic E-state index is 12.9. The number of likely N-dealkylation sites (tertiary alicyclic amines) is 1. The minimum Gasteiger partial charge on any atom is -0.481 e. The topological polar surface area (TPSA) is 75.4 Å². The van der Waals surface area contributed by atoms with E-state index in [1.54, 1.807) is 0 Å². The van der Waals surface area contributed by atoms with Crippen molar-refractivity contribution in [3.05, 3.63) is 47.0 Å². The quantitative estimate of drug-likeness (QED) is 0.745. The largest absolute Gasteiger partial charge is 0.481 e. The molecule has 0 spiro atoms. The first-order valence-electron chi connectivity index (χ1n) is 9.08. The maximum Gasteiger partial charge on any atom is 0.303 e. The highest BCUT2D eigenvalue weighted by molar-refractivity contribution is 7.20. The minimum atomic E-state index is -0.759. The Hall–Kier alpha value is -2.67. The molecular weight excluding hydrogens is 362 g/mol. The van der Waals surface area contributed by atoms with Gasteiger partial charge < -0.3 is 10.0 Å². The summed E-state index contributed by atoms with van der Waals surface area (Å²) in [5.74, 6) is -0.558. The molecule has 1 aliphatic heterocycles. The molecule has 0 radical (unpaired) electrons. The predicted octanol–water partition coefficient (Wildman–Crippen LogP) is 3.72. The Balaban J connectivity index is 1.56. The number of aryl methyl sites for hydroxylation is 1. The maximum atomic E-state index is 12.9. The fraction of sp³-hybridized carbons (Fsp3) is 0.350. The lowest BCUT2D eigenvalue weighted by atomic mass is 9.93. The Morgan fingerprint density at radius 3 is 2.59 bits per heavy atom. The number of nitrogens with zero attached hydrogens (tertiary/aromatic N) is 3. The third-order valence-corrected chi connectivity index (χ3v) is 6.22. The smallest absolute Gasteiger partial charge is 0.303 e. The second-order valence-corrected chi connectivity index (χ2v) is 8.03. The Kier molecular flexibility index (Phi) is 4.70. The second kappa shape index (κ2) is 7.15. The highest BCUT2D eigenvalue weighted by Gasteiger charge is 2.27. The summed E-state index contributed by atoms with van der Waals surface area (Å²) in [5, 5.41) is 14.6. The number of fused-ring (bicyclic) bond motifs is 1. The third kappa shape index (κ3) is 3.47. The van der Waals surface area contributed by atoms with Crippen LogP contribution in [0.2, 0.25) is 0 Å². The molecule has 7 heteroatoms. The van der Waals surface area contributed by atoms with Crippen molar-refractivity contribution in [2.24, 2.45) is 5.92 Å². The van der Waals surface area contributed by atoms with Crippen LogP contribution in [0.1, 0.15) is 34.6 Å². The zero-order chi connectivity index (χ0) is 19.0. The first-order chi connectivity index (χ1) is 13.0. The van der Waals surface area contributed by atoms with Gasteiger partial charge in [-0.15, -0.1) is 11.3 Å². The number of aliphatic carboxylic acids is 1. The van der Waals surface area contributed by atoms with Gasteiger partial charge in [0.25, 0.3) is 5.91 Å². The summed E-state index contributed by atoms with van der Waals surface area (Å²) in [5.41, 5.74) is 1.88. The number of thiophene rings is 1. The Labute approximate surface area is 161 Å². The molecule has 2 aromatic heterocycles. The van der Waals surface area contributed by atoms with Gasteiger partial charge in [-0.25, -0.2) is 4.68 Å². The van der Waals surface area contributed by atoms with E-state index in [1.807, 2.05) is 52.9 Å². The van der Waals surface area contributed by atoms with E-state index in [-0.39, 0.29) is 18.2 Å². The van der Waals surface area contributed by atoms with E-state index < -0.39 is 5.97 Å². The van der Waals surface area contributed by atoms with Crippen LogP contribution in [0.15, 0.2) is 36.4 Å². The Morgan fingerprint density at radius 1 is 1.22 bits per heavy atom. The van der Waals surface area contributed by atoms with E-state index in [4.69, 9.17) is 5.11 Å². The van der Waals surface area contributed by atoms with Gasteiger partial charge in [0.1, 0.15) is 4.83 Å². The number of hydrogen-bond acceptors (Lipinski definition) is 4. The number of amides is 1. The summed E-state index contributed by atoms with van der Waals surface area (Å²) in [4.78, 5) is 27.3. The number of carboxylic acid groups (broad SMARTS) is 1. The number of aromatic nitrogens is 2. The molecule has 1 amide bonds. The molecule has 1 aromatic carbocycles. The number of benzene rings is 1. The Morgan fingerprint density at radius 2 is 1.93 bits per heavy atom. The van der Waals surface area contributed by atoms with E-state index >= 15 is 0 Å². The summed E-state index contributed by atoms with van der Waals surface area (Å²) < 4.78 is 1.89. The molecule has 0 bridgehead atoms. The highest BCUT2D eigenvalue weighted by atomic mass is 32.1. The molecule has 1 saturated heterocycles. The zero-order valence-corrected chi connectivity index (χ0v) is 15.9. The number of carbonyl (C=O) groups is 2.